The summed E-state index contributed by atoms with van der Waals surface area (Å²) in [5, 5.41) is 0. The lowest BCUT2D eigenvalue weighted by Crippen LogP contribution is -2.46. The Morgan fingerprint density at radius 1 is 1.25 bits per heavy atom. The van der Waals surface area contributed by atoms with Gasteiger partial charge in [0.25, 0.3) is 0 Å². The first kappa shape index (κ1) is 15.0. The molecule has 0 spiro atoms. The van der Waals surface area contributed by atoms with E-state index in [4.69, 9.17) is 4.74 Å². The lowest BCUT2D eigenvalue weighted by Gasteiger charge is -2.31. The average Bonchev–Trinajstić information content (AvgIpc) is 2.44. The number of rotatable bonds is 5. The van der Waals surface area contributed by atoms with Gasteiger partial charge >= 0.3 is 0 Å². The Balaban J connectivity index is 1.97. The molecule has 1 saturated heterocycles. The highest BCUT2D eigenvalue weighted by Crippen LogP contribution is 2.19. The molecule has 0 atom stereocenters. The van der Waals surface area contributed by atoms with Crippen LogP contribution in [0.4, 0.5) is 0 Å². The molecule has 0 saturated carbocycles. The van der Waals surface area contributed by atoms with Gasteiger partial charge in [0.05, 0.1) is 13.2 Å². The smallest absolute Gasteiger partial charge is 0.176 e. The zero-order valence-corrected chi connectivity index (χ0v) is 12.7. The van der Waals surface area contributed by atoms with E-state index in [9.17, 15) is 4.79 Å². The lowest BCUT2D eigenvalue weighted by molar-refractivity contribution is 0.0876. The van der Waals surface area contributed by atoms with Gasteiger partial charge in [-0.25, -0.2) is 0 Å². The summed E-state index contributed by atoms with van der Waals surface area (Å²) in [6.07, 6.45) is 0. The van der Waals surface area contributed by atoms with Gasteiger partial charge in [0.15, 0.2) is 5.78 Å². The molecule has 0 radical (unpaired) electrons. The second-order valence-electron chi connectivity index (χ2n) is 5.42. The Morgan fingerprint density at radius 3 is 2.55 bits per heavy atom. The van der Waals surface area contributed by atoms with Gasteiger partial charge in [-0.2, -0.15) is 0 Å². The first-order chi connectivity index (χ1) is 9.60. The highest BCUT2D eigenvalue weighted by molar-refractivity contribution is 5.98. The minimum Gasteiger partial charge on any atom is -0.494 e. The van der Waals surface area contributed by atoms with Crippen molar-refractivity contribution < 1.29 is 9.53 Å². The molecule has 1 fully saturated rings. The first-order valence-corrected chi connectivity index (χ1v) is 7.27. The molecule has 20 heavy (non-hydrogen) atoms. The molecule has 110 valence electrons. The summed E-state index contributed by atoms with van der Waals surface area (Å²) in [5.74, 6) is 1.06. The van der Waals surface area contributed by atoms with E-state index in [-0.39, 0.29) is 5.78 Å². The topological polar surface area (TPSA) is 32.8 Å². The van der Waals surface area contributed by atoms with Crippen LogP contribution < -0.4 is 4.74 Å². The van der Waals surface area contributed by atoms with E-state index in [1.165, 1.54) is 0 Å². The van der Waals surface area contributed by atoms with E-state index >= 15 is 0 Å². The van der Waals surface area contributed by atoms with Crippen LogP contribution in [0.5, 0.6) is 5.75 Å². The molecule has 4 nitrogen and oxygen atoms in total. The van der Waals surface area contributed by atoms with Crippen molar-refractivity contribution in [3.8, 4) is 5.75 Å². The zero-order chi connectivity index (χ0) is 14.5. The Hall–Kier alpha value is -1.39. The summed E-state index contributed by atoms with van der Waals surface area (Å²) in [5.41, 5.74) is 1.81. The van der Waals surface area contributed by atoms with Crippen molar-refractivity contribution in [2.45, 2.75) is 13.8 Å². The molecule has 4 heteroatoms. The number of hydrogen-bond acceptors (Lipinski definition) is 4. The molecule has 1 aliphatic rings. The number of ketones is 1. The molecule has 2 rings (SSSR count). The molecular formula is C16H24N2O2. The summed E-state index contributed by atoms with van der Waals surface area (Å²) in [4.78, 5) is 16.8. The molecule has 1 aromatic rings. The van der Waals surface area contributed by atoms with Gasteiger partial charge in [-0.05, 0) is 44.7 Å². The Kier molecular flexibility index (Phi) is 5.15. The number of hydrogen-bond donors (Lipinski definition) is 0. The largest absolute Gasteiger partial charge is 0.494 e. The molecule has 1 aromatic carbocycles. The van der Waals surface area contributed by atoms with E-state index in [1.54, 1.807) is 0 Å². The van der Waals surface area contributed by atoms with Crippen molar-refractivity contribution in [1.29, 1.82) is 0 Å². The van der Waals surface area contributed by atoms with Gasteiger partial charge in [0.1, 0.15) is 5.75 Å². The van der Waals surface area contributed by atoms with Crippen molar-refractivity contribution in [2.75, 3.05) is 46.4 Å². The fourth-order valence-electron chi connectivity index (χ4n) is 2.44. The number of piperazine rings is 1. The maximum atomic E-state index is 12.3. The monoisotopic (exact) mass is 276 g/mol. The lowest BCUT2D eigenvalue weighted by atomic mass is 10.1. The SMILES string of the molecule is CCOc1ccc(C(=O)CN2CCN(C)CC2)cc1C. The van der Waals surface area contributed by atoms with Crippen molar-refractivity contribution >= 4 is 5.78 Å². The standard InChI is InChI=1S/C16H24N2O2/c1-4-20-16-6-5-14(11-13(16)2)15(19)12-18-9-7-17(3)8-10-18/h5-6,11H,4,7-10,12H2,1-3H3. The van der Waals surface area contributed by atoms with Crippen LogP contribution in [0.1, 0.15) is 22.8 Å². The Bertz CT molecular complexity index is 466. The van der Waals surface area contributed by atoms with Crippen molar-refractivity contribution in [1.82, 2.24) is 9.80 Å². The number of Topliss-reactive ketones (excluding diaryl/α,β-unsaturated/α-hetero) is 1. The van der Waals surface area contributed by atoms with Gasteiger partial charge in [-0.1, -0.05) is 0 Å². The summed E-state index contributed by atoms with van der Waals surface area (Å²) >= 11 is 0. The van der Waals surface area contributed by atoms with E-state index in [2.05, 4.69) is 16.8 Å². The van der Waals surface area contributed by atoms with E-state index in [0.717, 1.165) is 43.1 Å². The highest BCUT2D eigenvalue weighted by Gasteiger charge is 2.17. The average molecular weight is 276 g/mol. The fourth-order valence-corrected chi connectivity index (χ4v) is 2.44. The third-order valence-corrected chi connectivity index (χ3v) is 3.76. The molecule has 1 aliphatic heterocycles. The zero-order valence-electron chi connectivity index (χ0n) is 12.7. The van der Waals surface area contributed by atoms with Gasteiger partial charge in [-0.3, -0.25) is 9.69 Å². The van der Waals surface area contributed by atoms with Crippen LogP contribution in [0.2, 0.25) is 0 Å². The van der Waals surface area contributed by atoms with Gasteiger partial charge < -0.3 is 9.64 Å². The minimum atomic E-state index is 0.195. The van der Waals surface area contributed by atoms with E-state index < -0.39 is 0 Å². The first-order valence-electron chi connectivity index (χ1n) is 7.27. The van der Waals surface area contributed by atoms with Crippen molar-refractivity contribution in [3.63, 3.8) is 0 Å². The third-order valence-electron chi connectivity index (χ3n) is 3.76. The van der Waals surface area contributed by atoms with Crippen LogP contribution in [0.15, 0.2) is 18.2 Å². The van der Waals surface area contributed by atoms with E-state index in [1.807, 2.05) is 32.0 Å². The van der Waals surface area contributed by atoms with Crippen LogP contribution in [0, 0.1) is 6.92 Å². The van der Waals surface area contributed by atoms with Crippen molar-refractivity contribution in [2.24, 2.45) is 0 Å². The maximum Gasteiger partial charge on any atom is 0.176 e. The molecule has 0 aromatic heterocycles. The molecule has 0 amide bonds. The number of benzene rings is 1. The predicted octanol–water partition coefficient (Wildman–Crippen LogP) is 1.82. The highest BCUT2D eigenvalue weighted by atomic mass is 16.5. The number of likely N-dealkylation sites (N-methyl/N-ethyl adjacent to an activating group) is 1. The summed E-state index contributed by atoms with van der Waals surface area (Å²) in [6.45, 7) is 9.13. The second kappa shape index (κ2) is 6.86. The Labute approximate surface area is 121 Å². The van der Waals surface area contributed by atoms with Gasteiger partial charge in [-0.15, -0.1) is 0 Å². The normalized spacial score (nSPS) is 17.1. The molecule has 0 bridgehead atoms. The summed E-state index contributed by atoms with van der Waals surface area (Å²) < 4.78 is 5.51. The molecule has 0 unspecified atom stereocenters. The molecule has 0 N–H and O–H groups in total. The fraction of sp³-hybridized carbons (Fsp3) is 0.562. The number of ether oxygens (including phenoxy) is 1. The quantitative estimate of drug-likeness (QED) is 0.768. The molecular weight excluding hydrogens is 252 g/mol. The molecule has 1 heterocycles. The summed E-state index contributed by atoms with van der Waals surface area (Å²) in [6, 6.07) is 5.70. The second-order valence-corrected chi connectivity index (χ2v) is 5.42. The number of nitrogens with zero attached hydrogens (tertiary/aromatic N) is 2. The number of carbonyl (C=O) groups excluding carboxylic acids is 1. The molecule has 0 aliphatic carbocycles. The van der Waals surface area contributed by atoms with Crippen LogP contribution in [0.3, 0.4) is 0 Å². The van der Waals surface area contributed by atoms with Crippen LogP contribution in [0.25, 0.3) is 0 Å². The third kappa shape index (κ3) is 3.81. The Morgan fingerprint density at radius 2 is 1.95 bits per heavy atom. The van der Waals surface area contributed by atoms with Crippen LogP contribution >= 0.6 is 0 Å². The van der Waals surface area contributed by atoms with Gasteiger partial charge in [0.2, 0.25) is 0 Å². The van der Waals surface area contributed by atoms with E-state index in [0.29, 0.717) is 13.2 Å². The van der Waals surface area contributed by atoms with Crippen LogP contribution in [-0.4, -0.2) is 62.0 Å². The predicted molar refractivity (Wildman–Crippen MR) is 80.6 cm³/mol. The van der Waals surface area contributed by atoms with Crippen LogP contribution in [-0.2, 0) is 0 Å². The van der Waals surface area contributed by atoms with Gasteiger partial charge in [0, 0.05) is 31.7 Å². The van der Waals surface area contributed by atoms with Crippen molar-refractivity contribution in [3.05, 3.63) is 29.3 Å². The number of aryl methyl sites for hydroxylation is 1. The minimum absolute atomic E-state index is 0.195. The maximum absolute atomic E-state index is 12.3. The number of carbonyl (C=O) groups is 1. The summed E-state index contributed by atoms with van der Waals surface area (Å²) in [7, 11) is 2.12.